The van der Waals surface area contributed by atoms with Crippen LogP contribution in [0.1, 0.15) is 36.0 Å². The largest absolute Gasteiger partial charge is 0.317 e. The van der Waals surface area contributed by atoms with Crippen molar-refractivity contribution < 1.29 is 0 Å². The Morgan fingerprint density at radius 3 is 2.53 bits per heavy atom. The van der Waals surface area contributed by atoms with Crippen LogP contribution in [0, 0.1) is 19.8 Å². The summed E-state index contributed by atoms with van der Waals surface area (Å²) < 4.78 is 0. The number of benzene rings is 1. The molecule has 2 rings (SSSR count). The van der Waals surface area contributed by atoms with Gasteiger partial charge in [-0.05, 0) is 61.9 Å². The van der Waals surface area contributed by atoms with Crippen LogP contribution in [0.4, 0.5) is 0 Å². The molecule has 0 aromatic heterocycles. The summed E-state index contributed by atoms with van der Waals surface area (Å²) in [4.78, 5) is 0. The third kappa shape index (κ3) is 2.23. The Balaban J connectivity index is 2.06. The second-order valence-corrected chi connectivity index (χ2v) is 4.72. The van der Waals surface area contributed by atoms with E-state index in [-0.39, 0.29) is 0 Å². The van der Waals surface area contributed by atoms with E-state index in [0.717, 1.165) is 18.4 Å². The van der Waals surface area contributed by atoms with Crippen LogP contribution in [0.5, 0.6) is 0 Å². The summed E-state index contributed by atoms with van der Waals surface area (Å²) in [5, 5.41) is 3.45. The lowest BCUT2D eigenvalue weighted by molar-refractivity contribution is 0.648. The van der Waals surface area contributed by atoms with Gasteiger partial charge in [-0.1, -0.05) is 25.1 Å². The lowest BCUT2D eigenvalue weighted by Gasteiger charge is -2.09. The first-order valence-electron chi connectivity index (χ1n) is 6.00. The van der Waals surface area contributed by atoms with Gasteiger partial charge in [0, 0.05) is 0 Å². The summed E-state index contributed by atoms with van der Waals surface area (Å²) in [5.41, 5.74) is 4.55. The average Bonchev–Trinajstić information content (AvgIpc) is 2.94. The van der Waals surface area contributed by atoms with Gasteiger partial charge in [-0.2, -0.15) is 0 Å². The monoisotopic (exact) mass is 203 g/mol. The van der Waals surface area contributed by atoms with Crippen LogP contribution in [-0.4, -0.2) is 13.1 Å². The van der Waals surface area contributed by atoms with Gasteiger partial charge in [-0.3, -0.25) is 0 Å². The second-order valence-electron chi connectivity index (χ2n) is 4.72. The number of rotatable bonds is 4. The molecule has 1 nitrogen and oxygen atoms in total. The number of nitrogens with one attached hydrogen (secondary N) is 1. The Bertz CT molecular complexity index is 323. The Labute approximate surface area is 92.9 Å². The molecular weight excluding hydrogens is 182 g/mol. The molecule has 1 aliphatic carbocycles. The molecule has 82 valence electrons. The summed E-state index contributed by atoms with van der Waals surface area (Å²) in [7, 11) is 0. The SMILES string of the molecule is CCNCC1CC1c1c(C)cccc1C. The lowest BCUT2D eigenvalue weighted by Crippen LogP contribution is -2.16. The van der Waals surface area contributed by atoms with Crippen molar-refractivity contribution in [2.24, 2.45) is 5.92 Å². The molecule has 1 fully saturated rings. The van der Waals surface area contributed by atoms with E-state index in [9.17, 15) is 0 Å². The van der Waals surface area contributed by atoms with Crippen LogP contribution in [0.2, 0.25) is 0 Å². The highest BCUT2D eigenvalue weighted by Gasteiger charge is 2.39. The number of aryl methyl sites for hydroxylation is 2. The highest BCUT2D eigenvalue weighted by molar-refractivity contribution is 5.39. The fourth-order valence-corrected chi connectivity index (χ4v) is 2.57. The first kappa shape index (κ1) is 10.7. The zero-order valence-corrected chi connectivity index (χ0v) is 10.0. The predicted octanol–water partition coefficient (Wildman–Crippen LogP) is 3.02. The van der Waals surface area contributed by atoms with E-state index in [1.54, 1.807) is 5.56 Å². The van der Waals surface area contributed by atoms with Crippen LogP contribution in [0.25, 0.3) is 0 Å². The van der Waals surface area contributed by atoms with Crippen molar-refractivity contribution in [3.8, 4) is 0 Å². The van der Waals surface area contributed by atoms with Crippen LogP contribution < -0.4 is 5.32 Å². The van der Waals surface area contributed by atoms with Crippen molar-refractivity contribution in [2.45, 2.75) is 33.1 Å². The molecular formula is C14H21N. The minimum atomic E-state index is 0.824. The van der Waals surface area contributed by atoms with Crippen LogP contribution in [0.15, 0.2) is 18.2 Å². The molecule has 1 heteroatoms. The molecule has 15 heavy (non-hydrogen) atoms. The zero-order chi connectivity index (χ0) is 10.8. The first-order valence-corrected chi connectivity index (χ1v) is 6.00. The zero-order valence-electron chi connectivity index (χ0n) is 10.0. The van der Waals surface area contributed by atoms with E-state index in [1.165, 1.54) is 24.1 Å². The minimum absolute atomic E-state index is 0.824. The quantitative estimate of drug-likeness (QED) is 0.793. The van der Waals surface area contributed by atoms with E-state index < -0.39 is 0 Å². The molecule has 1 aromatic carbocycles. The first-order chi connectivity index (χ1) is 7.24. The summed E-state index contributed by atoms with van der Waals surface area (Å²) in [5.74, 6) is 1.70. The molecule has 1 N–H and O–H groups in total. The van der Waals surface area contributed by atoms with Crippen molar-refractivity contribution >= 4 is 0 Å². The molecule has 1 saturated carbocycles. The fraction of sp³-hybridized carbons (Fsp3) is 0.571. The van der Waals surface area contributed by atoms with E-state index in [0.29, 0.717) is 0 Å². The predicted molar refractivity (Wildman–Crippen MR) is 65.3 cm³/mol. The molecule has 2 unspecified atom stereocenters. The van der Waals surface area contributed by atoms with E-state index in [1.807, 2.05) is 0 Å². The van der Waals surface area contributed by atoms with Crippen molar-refractivity contribution in [1.82, 2.24) is 5.32 Å². The molecule has 1 aliphatic rings. The van der Waals surface area contributed by atoms with Gasteiger partial charge in [0.1, 0.15) is 0 Å². The Morgan fingerprint density at radius 2 is 1.93 bits per heavy atom. The Morgan fingerprint density at radius 1 is 1.27 bits per heavy atom. The highest BCUT2D eigenvalue weighted by Crippen LogP contribution is 2.49. The maximum absolute atomic E-state index is 3.45. The van der Waals surface area contributed by atoms with E-state index in [4.69, 9.17) is 0 Å². The lowest BCUT2D eigenvalue weighted by atomic mass is 9.98. The van der Waals surface area contributed by atoms with Crippen LogP contribution >= 0.6 is 0 Å². The van der Waals surface area contributed by atoms with Gasteiger partial charge in [0.05, 0.1) is 0 Å². The highest BCUT2D eigenvalue weighted by atomic mass is 14.9. The summed E-state index contributed by atoms with van der Waals surface area (Å²) in [6.45, 7) is 8.94. The third-order valence-electron chi connectivity index (χ3n) is 3.49. The smallest absolute Gasteiger partial charge is 0.00146 e. The average molecular weight is 203 g/mol. The normalized spacial score (nSPS) is 24.2. The summed E-state index contributed by atoms with van der Waals surface area (Å²) in [6, 6.07) is 6.64. The van der Waals surface area contributed by atoms with Gasteiger partial charge in [0.15, 0.2) is 0 Å². The molecule has 0 heterocycles. The maximum atomic E-state index is 3.45. The Kier molecular flexibility index (Phi) is 3.11. The van der Waals surface area contributed by atoms with Crippen molar-refractivity contribution in [2.75, 3.05) is 13.1 Å². The Hall–Kier alpha value is -0.820. The van der Waals surface area contributed by atoms with E-state index in [2.05, 4.69) is 44.3 Å². The van der Waals surface area contributed by atoms with Crippen molar-refractivity contribution in [1.29, 1.82) is 0 Å². The van der Waals surface area contributed by atoms with Gasteiger partial charge < -0.3 is 5.32 Å². The van der Waals surface area contributed by atoms with Gasteiger partial charge in [0.2, 0.25) is 0 Å². The fourth-order valence-electron chi connectivity index (χ4n) is 2.57. The number of hydrogen-bond acceptors (Lipinski definition) is 1. The topological polar surface area (TPSA) is 12.0 Å². The molecule has 0 bridgehead atoms. The molecule has 1 aromatic rings. The standard InChI is InChI=1S/C14H21N/c1-4-15-9-12-8-13(12)14-10(2)6-5-7-11(14)3/h5-7,12-13,15H,4,8-9H2,1-3H3. The summed E-state index contributed by atoms with van der Waals surface area (Å²) in [6.07, 6.45) is 1.37. The second kappa shape index (κ2) is 4.36. The van der Waals surface area contributed by atoms with Crippen LogP contribution in [-0.2, 0) is 0 Å². The van der Waals surface area contributed by atoms with Gasteiger partial charge in [-0.25, -0.2) is 0 Å². The molecule has 0 radical (unpaired) electrons. The molecule has 0 spiro atoms. The number of hydrogen-bond donors (Lipinski definition) is 1. The molecule has 0 amide bonds. The maximum Gasteiger partial charge on any atom is -0.00146 e. The van der Waals surface area contributed by atoms with Crippen molar-refractivity contribution in [3.63, 3.8) is 0 Å². The minimum Gasteiger partial charge on any atom is -0.317 e. The van der Waals surface area contributed by atoms with E-state index >= 15 is 0 Å². The van der Waals surface area contributed by atoms with Crippen molar-refractivity contribution in [3.05, 3.63) is 34.9 Å². The molecule has 2 atom stereocenters. The summed E-state index contributed by atoms with van der Waals surface area (Å²) >= 11 is 0. The third-order valence-corrected chi connectivity index (χ3v) is 3.49. The van der Waals surface area contributed by atoms with Gasteiger partial charge >= 0.3 is 0 Å². The molecule has 0 saturated heterocycles. The molecule has 0 aliphatic heterocycles. The van der Waals surface area contributed by atoms with Gasteiger partial charge in [0.25, 0.3) is 0 Å². The van der Waals surface area contributed by atoms with Crippen LogP contribution in [0.3, 0.4) is 0 Å². The van der Waals surface area contributed by atoms with Gasteiger partial charge in [-0.15, -0.1) is 0 Å².